The zero-order valence-corrected chi connectivity index (χ0v) is 17.1. The highest BCUT2D eigenvalue weighted by Crippen LogP contribution is 2.51. The van der Waals surface area contributed by atoms with Crippen LogP contribution in [0.2, 0.25) is 0 Å². The van der Waals surface area contributed by atoms with Gasteiger partial charge in [0.25, 0.3) is 10.0 Å². The van der Waals surface area contributed by atoms with Crippen molar-refractivity contribution in [3.63, 3.8) is 0 Å². The van der Waals surface area contributed by atoms with E-state index >= 15 is 0 Å². The predicted octanol–water partition coefficient (Wildman–Crippen LogP) is 4.90. The summed E-state index contributed by atoms with van der Waals surface area (Å²) in [5.41, 5.74) is 2.51. The molecule has 0 aliphatic carbocycles. The summed E-state index contributed by atoms with van der Waals surface area (Å²) in [6.07, 6.45) is 1.38. The zero-order chi connectivity index (χ0) is 19.9. The smallest absolute Gasteiger partial charge is 0.264 e. The lowest BCUT2D eigenvalue weighted by atomic mass is 9.93. The van der Waals surface area contributed by atoms with Crippen molar-refractivity contribution in [2.45, 2.75) is 24.3 Å². The number of ether oxygens (including phenoxy) is 1. The number of sulfonamides is 1. The normalized spacial score (nSPS) is 15.6. The van der Waals surface area contributed by atoms with E-state index in [2.05, 4.69) is 0 Å². The van der Waals surface area contributed by atoms with Crippen molar-refractivity contribution >= 4 is 33.3 Å². The maximum atomic E-state index is 13.6. The molecule has 0 saturated heterocycles. The number of hydrogen-bond donors (Lipinski definition) is 0. The van der Waals surface area contributed by atoms with Gasteiger partial charge in [-0.05, 0) is 47.9 Å². The number of nitrogens with zero attached hydrogens (tertiary/aromatic N) is 1. The summed E-state index contributed by atoms with van der Waals surface area (Å²) in [6.45, 7) is 1.97. The molecule has 1 aliphatic rings. The Labute approximate surface area is 168 Å². The summed E-state index contributed by atoms with van der Waals surface area (Å²) in [5.74, 6) is 0.592. The Hall–Kier alpha value is -2.64. The van der Waals surface area contributed by atoms with Crippen LogP contribution < -0.4 is 9.04 Å². The van der Waals surface area contributed by atoms with E-state index in [1.807, 2.05) is 31.2 Å². The molecule has 1 aliphatic heterocycles. The van der Waals surface area contributed by atoms with Crippen LogP contribution in [0.3, 0.4) is 0 Å². The summed E-state index contributed by atoms with van der Waals surface area (Å²) in [4.78, 5) is 12.9. The minimum atomic E-state index is -3.83. The van der Waals surface area contributed by atoms with Gasteiger partial charge in [0.05, 0.1) is 33.5 Å². The van der Waals surface area contributed by atoms with E-state index < -0.39 is 10.0 Å². The average Bonchev–Trinajstić information content (AvgIpc) is 3.16. The van der Waals surface area contributed by atoms with Crippen molar-refractivity contribution in [1.29, 1.82) is 0 Å². The lowest BCUT2D eigenvalue weighted by Crippen LogP contribution is -2.37. The van der Waals surface area contributed by atoms with Gasteiger partial charge in [-0.2, -0.15) is 0 Å². The fourth-order valence-electron chi connectivity index (χ4n) is 3.65. The third-order valence-electron chi connectivity index (χ3n) is 4.94. The van der Waals surface area contributed by atoms with Gasteiger partial charge in [0, 0.05) is 0 Å². The van der Waals surface area contributed by atoms with Gasteiger partial charge in [-0.1, -0.05) is 31.2 Å². The number of methoxy groups -OCH3 is 1. The summed E-state index contributed by atoms with van der Waals surface area (Å²) in [6, 6.07) is 15.5. The predicted molar refractivity (Wildman–Crippen MR) is 111 cm³/mol. The highest BCUT2D eigenvalue weighted by molar-refractivity contribution is 7.92. The number of hydrogen-bond acceptors (Lipinski definition) is 5. The molecule has 0 amide bonds. The molecule has 2 heterocycles. The molecule has 3 aromatic rings. The van der Waals surface area contributed by atoms with Gasteiger partial charge in [-0.3, -0.25) is 9.10 Å². The van der Waals surface area contributed by atoms with Crippen LogP contribution in [-0.2, 0) is 10.0 Å². The molecule has 1 unspecified atom stereocenters. The molecular formula is C21H19NO4S2. The highest BCUT2D eigenvalue weighted by Gasteiger charge is 2.39. The highest BCUT2D eigenvalue weighted by atomic mass is 32.2. The van der Waals surface area contributed by atoms with Crippen molar-refractivity contribution in [3.05, 3.63) is 65.0 Å². The first-order valence-corrected chi connectivity index (χ1v) is 11.1. The van der Waals surface area contributed by atoms with Gasteiger partial charge >= 0.3 is 0 Å². The van der Waals surface area contributed by atoms with Crippen LogP contribution in [0.25, 0.3) is 10.4 Å². The van der Waals surface area contributed by atoms with Crippen LogP contribution in [-0.4, -0.2) is 21.8 Å². The number of benzene rings is 2. The van der Waals surface area contributed by atoms with E-state index in [0.717, 1.165) is 22.3 Å². The third-order valence-corrected chi connectivity index (χ3v) is 7.86. The van der Waals surface area contributed by atoms with Crippen LogP contribution in [0.5, 0.6) is 5.75 Å². The Bertz CT molecular complexity index is 1130. The first-order chi connectivity index (χ1) is 13.5. The van der Waals surface area contributed by atoms with Crippen LogP contribution in [0.1, 0.15) is 34.6 Å². The summed E-state index contributed by atoms with van der Waals surface area (Å²) < 4.78 is 33.9. The molecule has 0 N–H and O–H groups in total. The van der Waals surface area contributed by atoms with Gasteiger partial charge in [-0.15, -0.1) is 11.3 Å². The van der Waals surface area contributed by atoms with Crippen LogP contribution in [0.4, 0.5) is 5.69 Å². The van der Waals surface area contributed by atoms with Crippen molar-refractivity contribution in [2.24, 2.45) is 0 Å². The molecule has 0 saturated carbocycles. The molecule has 0 spiro atoms. The molecule has 5 nitrogen and oxygen atoms in total. The quantitative estimate of drug-likeness (QED) is 0.558. The molecule has 144 valence electrons. The molecule has 4 rings (SSSR count). The molecule has 0 radical (unpaired) electrons. The molecule has 0 bridgehead atoms. The van der Waals surface area contributed by atoms with E-state index in [4.69, 9.17) is 4.74 Å². The lowest BCUT2D eigenvalue weighted by Gasteiger charge is -2.37. The molecule has 1 aromatic heterocycles. The Morgan fingerprint density at radius 2 is 1.86 bits per heavy atom. The molecule has 1 atom stereocenters. The molecular weight excluding hydrogens is 394 g/mol. The molecule has 2 aromatic carbocycles. The number of rotatable bonds is 5. The van der Waals surface area contributed by atoms with E-state index in [1.165, 1.54) is 22.8 Å². The molecule has 7 heteroatoms. The first-order valence-electron chi connectivity index (χ1n) is 8.88. The number of fused-ring (bicyclic) bond motifs is 3. The second kappa shape index (κ2) is 7.07. The number of carbonyl (C=O) groups excluding carboxylic acids is 1. The molecule has 28 heavy (non-hydrogen) atoms. The maximum absolute atomic E-state index is 13.6. The maximum Gasteiger partial charge on any atom is 0.264 e. The van der Waals surface area contributed by atoms with Gasteiger partial charge in [0.15, 0.2) is 6.29 Å². The zero-order valence-electron chi connectivity index (χ0n) is 15.5. The number of carbonyl (C=O) groups is 1. The minimum Gasteiger partial charge on any atom is -0.497 e. The van der Waals surface area contributed by atoms with Crippen molar-refractivity contribution < 1.29 is 17.9 Å². The Morgan fingerprint density at radius 1 is 1.14 bits per heavy atom. The van der Waals surface area contributed by atoms with Crippen molar-refractivity contribution in [3.8, 4) is 16.2 Å². The number of thiophene rings is 1. The standard InChI is InChI=1S/C21H19NO4S2/c1-3-19-17-6-4-5-7-18(17)21-20(12-15(13-23)27-21)22(19)28(24,25)16-10-8-14(26-2)9-11-16/h4-13,19H,3H2,1-2H3. The van der Waals surface area contributed by atoms with E-state index in [1.54, 1.807) is 30.3 Å². The van der Waals surface area contributed by atoms with Gasteiger partial charge < -0.3 is 4.74 Å². The van der Waals surface area contributed by atoms with Crippen LogP contribution in [0, 0.1) is 0 Å². The van der Waals surface area contributed by atoms with Crippen LogP contribution >= 0.6 is 11.3 Å². The van der Waals surface area contributed by atoms with Gasteiger partial charge in [0.1, 0.15) is 5.75 Å². The van der Waals surface area contributed by atoms with E-state index in [-0.39, 0.29) is 10.9 Å². The van der Waals surface area contributed by atoms with E-state index in [9.17, 15) is 13.2 Å². The fourth-order valence-corrected chi connectivity index (χ4v) is 6.42. The van der Waals surface area contributed by atoms with Gasteiger partial charge in [-0.25, -0.2) is 8.42 Å². The Balaban J connectivity index is 1.94. The molecule has 0 fully saturated rings. The summed E-state index contributed by atoms with van der Waals surface area (Å²) >= 11 is 1.32. The third kappa shape index (κ3) is 2.82. The second-order valence-corrected chi connectivity index (χ2v) is 9.37. The summed E-state index contributed by atoms with van der Waals surface area (Å²) in [7, 11) is -2.29. The van der Waals surface area contributed by atoms with Crippen LogP contribution in [0.15, 0.2) is 59.5 Å². The number of aldehydes is 1. The van der Waals surface area contributed by atoms with Crippen molar-refractivity contribution in [2.75, 3.05) is 11.4 Å². The number of anilines is 1. The second-order valence-electron chi connectivity index (χ2n) is 6.47. The fraction of sp³-hybridized carbons (Fsp3) is 0.190. The Morgan fingerprint density at radius 3 is 2.50 bits per heavy atom. The average molecular weight is 414 g/mol. The van der Waals surface area contributed by atoms with Gasteiger partial charge in [0.2, 0.25) is 0 Å². The first kappa shape index (κ1) is 18.7. The summed E-state index contributed by atoms with van der Waals surface area (Å²) in [5, 5.41) is 0. The largest absolute Gasteiger partial charge is 0.497 e. The van der Waals surface area contributed by atoms with E-state index in [0.29, 0.717) is 22.7 Å². The lowest BCUT2D eigenvalue weighted by molar-refractivity contribution is 0.112. The SMILES string of the molecule is CCC1c2ccccc2-c2sc(C=O)cc2N1S(=O)(=O)c1ccc(OC)cc1. The van der Waals surface area contributed by atoms with Crippen molar-refractivity contribution in [1.82, 2.24) is 0 Å². The topological polar surface area (TPSA) is 63.7 Å². The Kier molecular flexibility index (Phi) is 4.72. The monoisotopic (exact) mass is 413 g/mol. The minimum absolute atomic E-state index is 0.191.